The van der Waals surface area contributed by atoms with Crippen LogP contribution in [0.1, 0.15) is 31.7 Å². The minimum atomic E-state index is -0.278. The number of rotatable bonds is 12. The number of hydrogen-bond acceptors (Lipinski definition) is 5. The highest BCUT2D eigenvalue weighted by Gasteiger charge is 2.15. The Hall–Kier alpha value is -2.22. The molecule has 1 aromatic rings. The van der Waals surface area contributed by atoms with E-state index in [2.05, 4.69) is 17.4 Å². The van der Waals surface area contributed by atoms with Crippen LogP contribution in [0, 0.1) is 5.82 Å². The van der Waals surface area contributed by atoms with Gasteiger partial charge < -0.3 is 9.64 Å². The monoisotopic (exact) mass is 367 g/mol. The number of nitrogens with zero attached hydrogens (tertiary/aromatic N) is 5. The Morgan fingerprint density at radius 1 is 1.15 bits per heavy atom. The van der Waals surface area contributed by atoms with Crippen molar-refractivity contribution in [1.82, 2.24) is 9.91 Å². The van der Waals surface area contributed by atoms with Crippen LogP contribution in [-0.4, -0.2) is 57.7 Å². The average Bonchev–Trinajstić information content (AvgIpc) is 2.60. The first-order valence-electron chi connectivity index (χ1n) is 8.82. The molecule has 0 saturated carbocycles. The molecule has 0 saturated heterocycles. The van der Waals surface area contributed by atoms with Crippen LogP contribution >= 0.6 is 0 Å². The van der Waals surface area contributed by atoms with Crippen molar-refractivity contribution in [3.05, 3.63) is 23.5 Å². The van der Waals surface area contributed by atoms with Gasteiger partial charge in [0.15, 0.2) is 0 Å². The summed E-state index contributed by atoms with van der Waals surface area (Å²) in [5.74, 6) is 0.124. The van der Waals surface area contributed by atoms with Gasteiger partial charge in [0.25, 0.3) is 0 Å². The molecule has 0 aliphatic heterocycles. The van der Waals surface area contributed by atoms with Gasteiger partial charge in [0.1, 0.15) is 23.9 Å². The van der Waals surface area contributed by atoms with Crippen LogP contribution in [0.2, 0.25) is 0 Å². The van der Waals surface area contributed by atoms with Crippen molar-refractivity contribution in [1.29, 1.82) is 0 Å². The summed E-state index contributed by atoms with van der Waals surface area (Å²) >= 11 is 0. The van der Waals surface area contributed by atoms with Crippen molar-refractivity contribution in [2.24, 2.45) is 10.4 Å². The second-order valence-corrected chi connectivity index (χ2v) is 6.40. The van der Waals surface area contributed by atoms with E-state index in [1.807, 2.05) is 19.0 Å². The van der Waals surface area contributed by atoms with Crippen molar-refractivity contribution in [2.45, 2.75) is 32.6 Å². The van der Waals surface area contributed by atoms with Crippen LogP contribution in [-0.2, 0) is 11.2 Å². The molecule has 0 heterocycles. The molecule has 0 aliphatic rings. The molecule has 26 heavy (non-hydrogen) atoms. The predicted molar refractivity (Wildman–Crippen MR) is 101 cm³/mol. The van der Waals surface area contributed by atoms with E-state index < -0.39 is 0 Å². The zero-order valence-electron chi connectivity index (χ0n) is 16.4. The van der Waals surface area contributed by atoms with Gasteiger partial charge >= 0.3 is 0 Å². The first kappa shape index (κ1) is 21.8. The summed E-state index contributed by atoms with van der Waals surface area (Å²) < 4.78 is 20.2. The van der Waals surface area contributed by atoms with Crippen LogP contribution in [0.25, 0.3) is 0 Å². The number of amides is 1. The highest BCUT2D eigenvalue weighted by Crippen LogP contribution is 2.32. The van der Waals surface area contributed by atoms with Gasteiger partial charge in [-0.3, -0.25) is 4.79 Å². The van der Waals surface area contributed by atoms with E-state index in [-0.39, 0.29) is 5.82 Å². The van der Waals surface area contributed by atoms with Crippen molar-refractivity contribution >= 4 is 12.1 Å². The van der Waals surface area contributed by atoms with Gasteiger partial charge in [-0.2, -0.15) is 0 Å². The van der Waals surface area contributed by atoms with E-state index in [1.165, 1.54) is 18.1 Å². The Morgan fingerprint density at radius 3 is 2.50 bits per heavy atom. The number of aryl methyl sites for hydroxylation is 1. The molecule has 0 radical (unpaired) electrons. The van der Waals surface area contributed by atoms with Crippen LogP contribution in [0.3, 0.4) is 0 Å². The second-order valence-electron chi connectivity index (χ2n) is 6.40. The van der Waals surface area contributed by atoms with Crippen LogP contribution in [0.15, 0.2) is 22.6 Å². The van der Waals surface area contributed by atoms with E-state index in [0.29, 0.717) is 43.0 Å². The number of halogens is 1. The van der Waals surface area contributed by atoms with E-state index in [9.17, 15) is 9.18 Å². The molecule has 0 fully saturated rings. The molecule has 0 N–H and O–H groups in total. The molecule has 1 rings (SSSR count). The van der Waals surface area contributed by atoms with Gasteiger partial charge in [0.2, 0.25) is 6.41 Å². The minimum absolute atomic E-state index is 0.278. The molecule has 0 unspecified atom stereocenters. The molecule has 0 aromatic heterocycles. The fraction of sp³-hybridized carbons (Fsp3) is 0.611. The molecular formula is C18H30FN5O2. The van der Waals surface area contributed by atoms with E-state index >= 15 is 0 Å². The van der Waals surface area contributed by atoms with Crippen molar-refractivity contribution in [3.63, 3.8) is 0 Å². The first-order chi connectivity index (χ1) is 12.4. The smallest absolute Gasteiger partial charge is 0.231 e. The predicted octanol–water partition coefficient (Wildman–Crippen LogP) is 3.31. The summed E-state index contributed by atoms with van der Waals surface area (Å²) in [7, 11) is 7.05. The Bertz CT molecular complexity index is 595. The van der Waals surface area contributed by atoms with Gasteiger partial charge in [-0.05, 0) is 49.0 Å². The van der Waals surface area contributed by atoms with E-state index in [1.54, 1.807) is 13.1 Å². The summed E-state index contributed by atoms with van der Waals surface area (Å²) in [6, 6.07) is 3.15. The number of anilines is 1. The lowest BCUT2D eigenvalue weighted by Gasteiger charge is -2.20. The molecule has 1 amide bonds. The molecule has 0 atom stereocenters. The van der Waals surface area contributed by atoms with Gasteiger partial charge in [-0.25, -0.2) is 14.4 Å². The molecule has 146 valence electrons. The zero-order chi connectivity index (χ0) is 19.5. The Kier molecular flexibility index (Phi) is 9.57. The fourth-order valence-electron chi connectivity index (χ4n) is 2.24. The highest BCUT2D eigenvalue weighted by atomic mass is 19.1. The van der Waals surface area contributed by atoms with Gasteiger partial charge in [0, 0.05) is 26.7 Å². The Morgan fingerprint density at radius 2 is 1.88 bits per heavy atom. The molecule has 8 heteroatoms. The summed E-state index contributed by atoms with van der Waals surface area (Å²) in [6.07, 6.45) is 4.26. The largest absolute Gasteiger partial charge is 0.490 e. The number of ether oxygens (including phenoxy) is 1. The maximum atomic E-state index is 14.5. The second kappa shape index (κ2) is 11.4. The lowest BCUT2D eigenvalue weighted by Crippen LogP contribution is -2.20. The lowest BCUT2D eigenvalue weighted by atomic mass is 10.1. The lowest BCUT2D eigenvalue weighted by molar-refractivity contribution is -0.117. The fourth-order valence-corrected chi connectivity index (χ4v) is 2.24. The maximum absolute atomic E-state index is 14.5. The maximum Gasteiger partial charge on any atom is 0.231 e. The van der Waals surface area contributed by atoms with Crippen molar-refractivity contribution in [3.8, 4) is 5.75 Å². The SMILES string of the molecule is CCCCCc1cc(N(C)/N=N\N(C)C=O)c(OCCN(C)C)cc1F. The molecule has 7 nitrogen and oxygen atoms in total. The Balaban J connectivity index is 3.06. The number of likely N-dealkylation sites (N-methyl/N-ethyl adjacent to an activating group) is 1. The molecule has 1 aromatic carbocycles. The number of carbonyl (C=O) groups excluding carboxylic acids is 1. The average molecular weight is 367 g/mol. The highest BCUT2D eigenvalue weighted by molar-refractivity contribution is 5.59. The van der Waals surface area contributed by atoms with Gasteiger partial charge in [-0.15, -0.1) is 0 Å². The van der Waals surface area contributed by atoms with Crippen molar-refractivity contribution < 1.29 is 13.9 Å². The quantitative estimate of drug-likeness (QED) is 0.246. The topological polar surface area (TPSA) is 60.7 Å². The number of benzene rings is 1. The number of unbranched alkanes of at least 4 members (excludes halogenated alkanes) is 2. The summed E-state index contributed by atoms with van der Waals surface area (Å²) in [5.41, 5.74) is 1.24. The van der Waals surface area contributed by atoms with Crippen LogP contribution in [0.5, 0.6) is 5.75 Å². The standard InChI is InChI=1S/C18H30FN5O2/c1-6-7-8-9-15-12-17(24(5)21-20-23(4)14-25)18(13-16(15)19)26-11-10-22(2)3/h12-14H,6-11H2,1-5H3/b21-20-. The molecule has 0 spiro atoms. The summed E-state index contributed by atoms with van der Waals surface area (Å²) in [4.78, 5) is 12.6. The minimum Gasteiger partial charge on any atom is -0.490 e. The van der Waals surface area contributed by atoms with Gasteiger partial charge in [-0.1, -0.05) is 19.8 Å². The van der Waals surface area contributed by atoms with Gasteiger partial charge in [0.05, 0.1) is 0 Å². The molecule has 0 bridgehead atoms. The Labute approximate surface area is 155 Å². The van der Waals surface area contributed by atoms with E-state index in [4.69, 9.17) is 4.74 Å². The third-order valence-corrected chi connectivity index (χ3v) is 3.79. The summed E-state index contributed by atoms with van der Waals surface area (Å²) in [6.45, 7) is 3.24. The third kappa shape index (κ3) is 7.35. The van der Waals surface area contributed by atoms with Crippen molar-refractivity contribution in [2.75, 3.05) is 46.4 Å². The third-order valence-electron chi connectivity index (χ3n) is 3.79. The normalized spacial score (nSPS) is 11.2. The number of hydrogen-bond donors (Lipinski definition) is 0. The van der Waals surface area contributed by atoms with Crippen LogP contribution in [0.4, 0.5) is 10.1 Å². The zero-order valence-corrected chi connectivity index (χ0v) is 16.4. The molecular weight excluding hydrogens is 337 g/mol. The summed E-state index contributed by atoms with van der Waals surface area (Å²) in [5, 5.41) is 10.3. The first-order valence-corrected chi connectivity index (χ1v) is 8.82. The number of carbonyl (C=O) groups is 1. The molecule has 0 aliphatic carbocycles. The van der Waals surface area contributed by atoms with Crippen LogP contribution < -0.4 is 9.75 Å². The van der Waals surface area contributed by atoms with E-state index in [0.717, 1.165) is 24.3 Å².